The van der Waals surface area contributed by atoms with Gasteiger partial charge in [-0.1, -0.05) is 4.98 Å². The van der Waals surface area contributed by atoms with E-state index in [0.717, 1.165) is 0 Å². The molecule has 15 heavy (non-hydrogen) atoms. The first-order valence-electron chi connectivity index (χ1n) is 4.12. The molecule has 0 aliphatic carbocycles. The molecule has 0 spiro atoms. The Hall–Kier alpha value is -2.22. The molecule has 8 heteroatoms. The number of carbonyl (C=O) groups excluding carboxylic acids is 1. The summed E-state index contributed by atoms with van der Waals surface area (Å²) < 4.78 is 1.51. The molecular weight excluding hydrogens is 200 g/mol. The van der Waals surface area contributed by atoms with Crippen molar-refractivity contribution in [1.29, 1.82) is 0 Å². The first-order valence-corrected chi connectivity index (χ1v) is 4.12. The standard InChI is InChI=1S/C7H8N6O2/c8-6-5-7(10-2-9-6)13(3-11-5)1-4(14)12-15/h2-3H,1H2,(H4,8,9,10,12,14,15)/p+1. The smallest absolute Gasteiger partial charge is 0.307 e. The van der Waals surface area contributed by atoms with Crippen molar-refractivity contribution < 1.29 is 14.6 Å². The van der Waals surface area contributed by atoms with E-state index < -0.39 is 5.91 Å². The fourth-order valence-electron chi connectivity index (χ4n) is 1.26. The second-order valence-corrected chi connectivity index (χ2v) is 2.89. The SMILES string of the molecule is Nc1ncnc2c1[nH]c[n+]2CC(=O)NO. The Morgan fingerprint density at radius 3 is 3.20 bits per heavy atom. The van der Waals surface area contributed by atoms with Crippen LogP contribution in [0.4, 0.5) is 5.82 Å². The number of hydrogen-bond donors (Lipinski definition) is 4. The quantitative estimate of drug-likeness (QED) is 0.268. The summed E-state index contributed by atoms with van der Waals surface area (Å²) in [5.74, 6) is -0.235. The summed E-state index contributed by atoms with van der Waals surface area (Å²) in [5, 5.41) is 8.38. The number of imidazole rings is 1. The molecule has 0 fully saturated rings. The summed E-state index contributed by atoms with van der Waals surface area (Å²) in [4.78, 5) is 21.5. The van der Waals surface area contributed by atoms with E-state index in [-0.39, 0.29) is 6.54 Å². The lowest BCUT2D eigenvalue weighted by molar-refractivity contribution is -0.660. The Balaban J connectivity index is 2.45. The van der Waals surface area contributed by atoms with Crippen molar-refractivity contribution in [2.75, 3.05) is 5.73 Å². The third-order valence-electron chi connectivity index (χ3n) is 1.93. The maximum absolute atomic E-state index is 10.9. The topological polar surface area (TPSA) is 121 Å². The minimum atomic E-state index is -0.543. The van der Waals surface area contributed by atoms with Crippen LogP contribution < -0.4 is 15.8 Å². The monoisotopic (exact) mass is 209 g/mol. The number of fused-ring (bicyclic) bond motifs is 1. The zero-order valence-electron chi connectivity index (χ0n) is 7.64. The van der Waals surface area contributed by atoms with Crippen LogP contribution in [0.3, 0.4) is 0 Å². The number of aromatic amines is 1. The Morgan fingerprint density at radius 2 is 2.47 bits per heavy atom. The Labute approximate surface area is 83.7 Å². The number of anilines is 1. The van der Waals surface area contributed by atoms with Crippen LogP contribution in [0.25, 0.3) is 11.2 Å². The fraction of sp³-hybridized carbons (Fsp3) is 0.143. The second-order valence-electron chi connectivity index (χ2n) is 2.89. The minimum Gasteiger partial charge on any atom is -0.380 e. The summed E-state index contributed by atoms with van der Waals surface area (Å²) in [6, 6.07) is 0. The third kappa shape index (κ3) is 1.57. The number of hydroxylamine groups is 1. The summed E-state index contributed by atoms with van der Waals surface area (Å²) in [6.45, 7) is -0.0487. The summed E-state index contributed by atoms with van der Waals surface area (Å²) in [7, 11) is 0. The highest BCUT2D eigenvalue weighted by atomic mass is 16.5. The average Bonchev–Trinajstić information content (AvgIpc) is 2.63. The number of nitrogen functional groups attached to an aromatic ring is 1. The van der Waals surface area contributed by atoms with Crippen molar-refractivity contribution in [3.05, 3.63) is 12.7 Å². The van der Waals surface area contributed by atoms with Crippen molar-refractivity contribution in [2.24, 2.45) is 0 Å². The van der Waals surface area contributed by atoms with E-state index >= 15 is 0 Å². The lowest BCUT2D eigenvalue weighted by Gasteiger charge is -1.95. The Kier molecular flexibility index (Phi) is 2.18. The van der Waals surface area contributed by atoms with Gasteiger partial charge in [0.05, 0.1) is 0 Å². The third-order valence-corrected chi connectivity index (χ3v) is 1.93. The number of carbonyl (C=O) groups is 1. The summed E-state index contributed by atoms with van der Waals surface area (Å²) >= 11 is 0. The fourth-order valence-corrected chi connectivity index (χ4v) is 1.26. The number of H-pyrrole nitrogens is 1. The van der Waals surface area contributed by atoms with Gasteiger partial charge in [-0.15, -0.1) is 0 Å². The average molecular weight is 209 g/mol. The molecule has 2 aromatic heterocycles. The van der Waals surface area contributed by atoms with Crippen molar-refractivity contribution >= 4 is 22.9 Å². The lowest BCUT2D eigenvalue weighted by atomic mass is 10.5. The molecule has 1 amide bonds. The van der Waals surface area contributed by atoms with Crippen molar-refractivity contribution in [1.82, 2.24) is 20.4 Å². The van der Waals surface area contributed by atoms with Crippen LogP contribution in [0.15, 0.2) is 12.7 Å². The number of nitrogens with one attached hydrogen (secondary N) is 2. The van der Waals surface area contributed by atoms with Gasteiger partial charge in [-0.25, -0.2) is 10.0 Å². The Morgan fingerprint density at radius 1 is 1.67 bits per heavy atom. The predicted molar refractivity (Wildman–Crippen MR) is 48.4 cm³/mol. The second kappa shape index (κ2) is 3.50. The zero-order chi connectivity index (χ0) is 10.8. The molecule has 2 heterocycles. The van der Waals surface area contributed by atoms with Crippen LogP contribution in [-0.2, 0) is 11.3 Å². The van der Waals surface area contributed by atoms with Crippen LogP contribution in [-0.4, -0.2) is 26.1 Å². The van der Waals surface area contributed by atoms with Gasteiger partial charge >= 0.3 is 5.65 Å². The maximum Gasteiger partial charge on any atom is 0.307 e. The highest BCUT2D eigenvalue weighted by molar-refractivity contribution is 5.79. The zero-order valence-corrected chi connectivity index (χ0v) is 7.64. The van der Waals surface area contributed by atoms with Crippen LogP contribution in [0.2, 0.25) is 0 Å². The van der Waals surface area contributed by atoms with E-state index in [2.05, 4.69) is 15.0 Å². The van der Waals surface area contributed by atoms with Gasteiger partial charge in [-0.05, 0) is 0 Å². The molecule has 2 aromatic rings. The lowest BCUT2D eigenvalue weighted by Crippen LogP contribution is -2.41. The number of nitrogens with two attached hydrogens (primary N) is 1. The highest BCUT2D eigenvalue weighted by Gasteiger charge is 2.16. The molecule has 0 atom stereocenters. The van der Waals surface area contributed by atoms with E-state index in [9.17, 15) is 4.79 Å². The first kappa shape index (κ1) is 9.34. The molecule has 8 nitrogen and oxygen atoms in total. The molecule has 0 radical (unpaired) electrons. The largest absolute Gasteiger partial charge is 0.380 e. The van der Waals surface area contributed by atoms with Crippen molar-refractivity contribution in [3.63, 3.8) is 0 Å². The van der Waals surface area contributed by atoms with E-state index in [1.165, 1.54) is 22.7 Å². The first-order chi connectivity index (χ1) is 7.22. The highest BCUT2D eigenvalue weighted by Crippen LogP contribution is 2.08. The normalized spacial score (nSPS) is 10.5. The molecule has 0 aliphatic rings. The molecule has 0 saturated carbocycles. The van der Waals surface area contributed by atoms with Crippen LogP contribution in [0.5, 0.6) is 0 Å². The van der Waals surface area contributed by atoms with Crippen LogP contribution >= 0.6 is 0 Å². The molecule has 5 N–H and O–H groups in total. The molecule has 0 unspecified atom stereocenters. The van der Waals surface area contributed by atoms with Gasteiger partial charge in [0.25, 0.3) is 5.91 Å². The molecule has 2 rings (SSSR count). The van der Waals surface area contributed by atoms with Gasteiger partial charge in [-0.2, -0.15) is 4.98 Å². The van der Waals surface area contributed by atoms with E-state index in [4.69, 9.17) is 10.9 Å². The van der Waals surface area contributed by atoms with Crippen LogP contribution in [0.1, 0.15) is 0 Å². The molecule has 0 aromatic carbocycles. The van der Waals surface area contributed by atoms with E-state index in [0.29, 0.717) is 17.0 Å². The Bertz CT molecular complexity index is 507. The van der Waals surface area contributed by atoms with Gasteiger partial charge < -0.3 is 5.73 Å². The van der Waals surface area contributed by atoms with Crippen molar-refractivity contribution in [2.45, 2.75) is 6.54 Å². The van der Waals surface area contributed by atoms with Crippen LogP contribution in [0, 0.1) is 0 Å². The number of hydrogen-bond acceptors (Lipinski definition) is 5. The molecule has 0 saturated heterocycles. The molecule has 0 aliphatic heterocycles. The van der Waals surface area contributed by atoms with Gasteiger partial charge in [0, 0.05) is 0 Å². The number of amides is 1. The summed E-state index contributed by atoms with van der Waals surface area (Å²) in [6.07, 6.45) is 2.84. The number of rotatable bonds is 2. The van der Waals surface area contributed by atoms with E-state index in [1.807, 2.05) is 0 Å². The van der Waals surface area contributed by atoms with Crippen molar-refractivity contribution in [3.8, 4) is 0 Å². The van der Waals surface area contributed by atoms with E-state index in [1.54, 1.807) is 0 Å². The van der Waals surface area contributed by atoms with Gasteiger partial charge in [-0.3, -0.25) is 15.0 Å². The van der Waals surface area contributed by atoms with Gasteiger partial charge in [0.15, 0.2) is 25.0 Å². The van der Waals surface area contributed by atoms with Gasteiger partial charge in [0.1, 0.15) is 0 Å². The predicted octanol–water partition coefficient (Wildman–Crippen LogP) is -1.67. The van der Waals surface area contributed by atoms with Gasteiger partial charge in [0.2, 0.25) is 5.52 Å². The number of aromatic nitrogens is 4. The molecule has 78 valence electrons. The summed E-state index contributed by atoms with van der Waals surface area (Å²) in [5.41, 5.74) is 8.19. The molecule has 0 bridgehead atoms. The number of nitrogens with zero attached hydrogens (tertiary/aromatic N) is 3. The maximum atomic E-state index is 10.9. The minimum absolute atomic E-state index is 0.0487. The molecular formula is C7H9N6O2+.